The van der Waals surface area contributed by atoms with Crippen LogP contribution in [0.25, 0.3) is 0 Å². The van der Waals surface area contributed by atoms with E-state index in [1.165, 1.54) is 16.7 Å². The average molecular weight is 294 g/mol. The fourth-order valence-corrected chi connectivity index (χ4v) is 2.98. The number of anilines is 1. The number of nitrogens with two attached hydrogens (primary N) is 1. The number of hydrogen-bond donors (Lipinski definition) is 1. The van der Waals surface area contributed by atoms with E-state index in [1.54, 1.807) is 0 Å². The first-order valence-corrected chi connectivity index (χ1v) is 7.77. The van der Waals surface area contributed by atoms with Crippen molar-refractivity contribution in [3.8, 4) is 0 Å². The maximum absolute atomic E-state index is 12.3. The van der Waals surface area contributed by atoms with Crippen molar-refractivity contribution >= 4 is 11.6 Å². The zero-order valence-electron chi connectivity index (χ0n) is 13.3. The van der Waals surface area contributed by atoms with Gasteiger partial charge in [0, 0.05) is 5.69 Å². The van der Waals surface area contributed by atoms with Crippen LogP contribution in [-0.4, -0.2) is 11.9 Å². The van der Waals surface area contributed by atoms with Crippen molar-refractivity contribution in [3.63, 3.8) is 0 Å². The van der Waals surface area contributed by atoms with E-state index < -0.39 is 6.04 Å². The fourth-order valence-electron chi connectivity index (χ4n) is 2.98. The van der Waals surface area contributed by atoms with Crippen molar-refractivity contribution in [1.29, 1.82) is 0 Å². The number of aryl methyl sites for hydroxylation is 3. The van der Waals surface area contributed by atoms with Crippen LogP contribution in [0.2, 0.25) is 0 Å². The molecule has 0 aliphatic carbocycles. The fraction of sp³-hybridized carbons (Fsp3) is 0.316. The van der Waals surface area contributed by atoms with E-state index in [-0.39, 0.29) is 11.9 Å². The van der Waals surface area contributed by atoms with E-state index in [0.717, 1.165) is 17.7 Å². The lowest BCUT2D eigenvalue weighted by molar-refractivity contribution is -0.126. The largest absolute Gasteiger partial charge is 0.318 e. The molecule has 22 heavy (non-hydrogen) atoms. The SMILES string of the molecule is CCc1ccc([C@@H]2[C@H](N)C(=O)N2c2ccc(C)c(C)c2)cc1. The minimum atomic E-state index is -0.450. The molecule has 2 N–H and O–H groups in total. The van der Waals surface area contributed by atoms with E-state index >= 15 is 0 Å². The lowest BCUT2D eigenvalue weighted by atomic mass is 9.87. The normalized spacial score (nSPS) is 20.9. The Morgan fingerprint density at radius 3 is 2.32 bits per heavy atom. The van der Waals surface area contributed by atoms with E-state index in [4.69, 9.17) is 5.73 Å². The molecule has 3 rings (SSSR count). The minimum absolute atomic E-state index is 0.00665. The van der Waals surface area contributed by atoms with Gasteiger partial charge in [-0.2, -0.15) is 0 Å². The molecule has 0 radical (unpaired) electrons. The second-order valence-corrected chi connectivity index (χ2v) is 6.04. The number of carbonyl (C=O) groups is 1. The number of rotatable bonds is 3. The number of amides is 1. The van der Waals surface area contributed by atoms with E-state index in [0.29, 0.717) is 0 Å². The van der Waals surface area contributed by atoms with Crippen molar-refractivity contribution < 1.29 is 4.79 Å². The van der Waals surface area contributed by atoms with Gasteiger partial charge in [0.1, 0.15) is 6.04 Å². The van der Waals surface area contributed by atoms with E-state index in [1.807, 2.05) is 11.0 Å². The molecular weight excluding hydrogens is 272 g/mol. The summed E-state index contributed by atoms with van der Waals surface area (Å²) in [6.45, 7) is 6.27. The summed E-state index contributed by atoms with van der Waals surface area (Å²) in [7, 11) is 0. The second kappa shape index (κ2) is 5.58. The Morgan fingerprint density at radius 2 is 1.73 bits per heavy atom. The predicted octanol–water partition coefficient (Wildman–Crippen LogP) is 3.28. The molecule has 0 aromatic heterocycles. The Bertz CT molecular complexity index is 706. The van der Waals surface area contributed by atoms with Gasteiger partial charge in [-0.15, -0.1) is 0 Å². The van der Waals surface area contributed by atoms with Gasteiger partial charge in [0.15, 0.2) is 0 Å². The number of nitrogens with zero attached hydrogens (tertiary/aromatic N) is 1. The Labute approximate surface area is 131 Å². The zero-order valence-corrected chi connectivity index (χ0v) is 13.3. The van der Waals surface area contributed by atoms with Crippen LogP contribution >= 0.6 is 0 Å². The lowest BCUT2D eigenvalue weighted by Crippen LogP contribution is -2.63. The highest BCUT2D eigenvalue weighted by Crippen LogP contribution is 2.38. The third kappa shape index (κ3) is 2.32. The summed E-state index contributed by atoms with van der Waals surface area (Å²) in [5, 5.41) is 0. The summed E-state index contributed by atoms with van der Waals surface area (Å²) >= 11 is 0. The van der Waals surface area contributed by atoms with E-state index in [9.17, 15) is 4.79 Å². The van der Waals surface area contributed by atoms with Gasteiger partial charge in [-0.25, -0.2) is 0 Å². The third-order valence-electron chi connectivity index (χ3n) is 4.64. The summed E-state index contributed by atoms with van der Waals surface area (Å²) in [5.41, 5.74) is 11.8. The minimum Gasteiger partial charge on any atom is -0.318 e. The molecule has 0 bridgehead atoms. The number of β-lactam (4-membered cyclic amide) rings is 1. The smallest absolute Gasteiger partial charge is 0.247 e. The molecular formula is C19H22N2O. The van der Waals surface area contributed by atoms with Gasteiger partial charge >= 0.3 is 0 Å². The Balaban J connectivity index is 1.95. The molecule has 1 aliphatic heterocycles. The highest BCUT2D eigenvalue weighted by atomic mass is 16.2. The summed E-state index contributed by atoms with van der Waals surface area (Å²) < 4.78 is 0. The molecule has 2 aromatic rings. The van der Waals surface area contributed by atoms with Gasteiger partial charge in [0.25, 0.3) is 0 Å². The van der Waals surface area contributed by atoms with Crippen molar-refractivity contribution in [2.75, 3.05) is 4.90 Å². The molecule has 2 aromatic carbocycles. The Morgan fingerprint density at radius 1 is 1.05 bits per heavy atom. The number of carbonyl (C=O) groups excluding carboxylic acids is 1. The van der Waals surface area contributed by atoms with Crippen LogP contribution in [0.1, 0.15) is 35.2 Å². The molecule has 0 saturated carbocycles. The van der Waals surface area contributed by atoms with Crippen LogP contribution in [0.3, 0.4) is 0 Å². The molecule has 1 saturated heterocycles. The molecule has 0 spiro atoms. The van der Waals surface area contributed by atoms with Crippen LogP contribution in [0.15, 0.2) is 42.5 Å². The summed E-state index contributed by atoms with van der Waals surface area (Å²) in [5.74, 6) is -0.00665. The van der Waals surface area contributed by atoms with Crippen molar-refractivity contribution in [2.45, 2.75) is 39.3 Å². The van der Waals surface area contributed by atoms with E-state index in [2.05, 4.69) is 57.2 Å². The first-order chi connectivity index (χ1) is 10.5. The van der Waals surface area contributed by atoms with Crippen LogP contribution in [0.4, 0.5) is 5.69 Å². The van der Waals surface area contributed by atoms with Gasteiger partial charge in [-0.05, 0) is 54.7 Å². The monoisotopic (exact) mass is 294 g/mol. The molecule has 1 amide bonds. The molecule has 1 fully saturated rings. The topological polar surface area (TPSA) is 46.3 Å². The highest BCUT2D eigenvalue weighted by molar-refractivity contribution is 6.05. The summed E-state index contributed by atoms with van der Waals surface area (Å²) in [4.78, 5) is 14.1. The maximum atomic E-state index is 12.3. The molecule has 0 unspecified atom stereocenters. The van der Waals surface area contributed by atoms with Gasteiger partial charge in [0.05, 0.1) is 6.04 Å². The van der Waals surface area contributed by atoms with Crippen LogP contribution < -0.4 is 10.6 Å². The van der Waals surface area contributed by atoms with Gasteiger partial charge in [-0.3, -0.25) is 4.79 Å². The number of benzene rings is 2. The second-order valence-electron chi connectivity index (χ2n) is 6.04. The average Bonchev–Trinajstić information content (AvgIpc) is 2.54. The first-order valence-electron chi connectivity index (χ1n) is 7.77. The van der Waals surface area contributed by atoms with Crippen LogP contribution in [-0.2, 0) is 11.2 Å². The third-order valence-corrected chi connectivity index (χ3v) is 4.64. The predicted molar refractivity (Wildman–Crippen MR) is 89.9 cm³/mol. The maximum Gasteiger partial charge on any atom is 0.247 e. The summed E-state index contributed by atoms with van der Waals surface area (Å²) in [6.07, 6.45) is 1.01. The molecule has 3 nitrogen and oxygen atoms in total. The molecule has 2 atom stereocenters. The van der Waals surface area contributed by atoms with Gasteiger partial charge < -0.3 is 10.6 Å². The first kappa shape index (κ1) is 14.8. The summed E-state index contributed by atoms with van der Waals surface area (Å²) in [6, 6.07) is 14.0. The Hall–Kier alpha value is -2.13. The lowest BCUT2D eigenvalue weighted by Gasteiger charge is -2.45. The Kier molecular flexibility index (Phi) is 3.75. The van der Waals surface area contributed by atoms with Gasteiger partial charge in [-0.1, -0.05) is 37.3 Å². The molecule has 3 heteroatoms. The molecule has 1 heterocycles. The van der Waals surface area contributed by atoms with Crippen molar-refractivity contribution in [2.24, 2.45) is 5.73 Å². The quantitative estimate of drug-likeness (QED) is 0.883. The molecule has 114 valence electrons. The van der Waals surface area contributed by atoms with Crippen LogP contribution in [0, 0.1) is 13.8 Å². The standard InChI is InChI=1S/C19H22N2O/c1-4-14-6-8-15(9-7-14)18-17(20)19(22)21(18)16-10-5-12(2)13(3)11-16/h5-11,17-18H,4,20H2,1-3H3/t17-,18+/m0/s1. The molecule has 1 aliphatic rings. The van der Waals surface area contributed by atoms with Crippen LogP contribution in [0.5, 0.6) is 0 Å². The zero-order chi connectivity index (χ0) is 15.9. The van der Waals surface area contributed by atoms with Gasteiger partial charge in [0.2, 0.25) is 5.91 Å². The van der Waals surface area contributed by atoms with Crippen molar-refractivity contribution in [1.82, 2.24) is 0 Å². The highest BCUT2D eigenvalue weighted by Gasteiger charge is 2.46. The number of hydrogen-bond acceptors (Lipinski definition) is 2. The van der Waals surface area contributed by atoms with Crippen molar-refractivity contribution in [3.05, 3.63) is 64.7 Å².